The summed E-state index contributed by atoms with van der Waals surface area (Å²) >= 11 is 1.13. The summed E-state index contributed by atoms with van der Waals surface area (Å²) in [6, 6.07) is 1.45. The second-order valence-electron chi connectivity index (χ2n) is 6.34. The van der Waals surface area contributed by atoms with E-state index in [1.165, 1.54) is 17.9 Å². The Labute approximate surface area is 164 Å². The minimum absolute atomic E-state index is 0.0891. The van der Waals surface area contributed by atoms with Gasteiger partial charge in [-0.2, -0.15) is 10.2 Å². The van der Waals surface area contributed by atoms with Gasteiger partial charge < -0.3 is 4.74 Å². The number of nitroso groups, excluding NO2 is 1. The molecule has 2 aromatic rings. The summed E-state index contributed by atoms with van der Waals surface area (Å²) in [5, 5.41) is 12.0. The van der Waals surface area contributed by atoms with Gasteiger partial charge in [0.15, 0.2) is 0 Å². The fraction of sp³-hybridized carbons (Fsp3) is 0.529. The van der Waals surface area contributed by atoms with E-state index in [1.807, 2.05) is 11.0 Å². The van der Waals surface area contributed by atoms with Crippen molar-refractivity contribution in [1.29, 1.82) is 5.26 Å². The smallest absolute Gasteiger partial charge is 0.281 e. The van der Waals surface area contributed by atoms with E-state index in [0.717, 1.165) is 24.2 Å². The highest BCUT2D eigenvalue weighted by Gasteiger charge is 2.31. The van der Waals surface area contributed by atoms with Gasteiger partial charge in [0.25, 0.3) is 12.3 Å². The van der Waals surface area contributed by atoms with Crippen LogP contribution < -0.4 is 4.74 Å². The standard InChI is InChI=1S/C17H18F2N6O2S/c18-16(19)14-15(28-10-23-14)13(8-24-26)25-5-1-11(2-6-25)9-27-17-12(7-20)21-3-4-22-17/h3-4,10-11,13,16H,1-2,5-6,8-9H2. The van der Waals surface area contributed by atoms with Crippen molar-refractivity contribution in [3.8, 4) is 11.9 Å². The summed E-state index contributed by atoms with van der Waals surface area (Å²) in [6.07, 6.45) is 1.74. The van der Waals surface area contributed by atoms with Gasteiger partial charge in [0.2, 0.25) is 5.69 Å². The molecule has 0 saturated carbocycles. The molecule has 0 aliphatic carbocycles. The highest BCUT2D eigenvalue weighted by molar-refractivity contribution is 7.09. The fourth-order valence-corrected chi connectivity index (χ4v) is 4.17. The first-order valence-electron chi connectivity index (χ1n) is 8.72. The number of hydrogen-bond acceptors (Lipinski definition) is 9. The van der Waals surface area contributed by atoms with Crippen molar-refractivity contribution in [2.75, 3.05) is 26.2 Å². The number of likely N-dealkylation sites (tertiary alicyclic amines) is 1. The van der Waals surface area contributed by atoms with E-state index in [-0.39, 0.29) is 29.7 Å². The van der Waals surface area contributed by atoms with Crippen LogP contribution in [-0.2, 0) is 0 Å². The second kappa shape index (κ2) is 9.57. The van der Waals surface area contributed by atoms with Crippen LogP contribution in [0.25, 0.3) is 0 Å². The first-order chi connectivity index (χ1) is 13.6. The highest BCUT2D eigenvalue weighted by atomic mass is 32.1. The van der Waals surface area contributed by atoms with Gasteiger partial charge in [0.05, 0.1) is 23.0 Å². The third-order valence-electron chi connectivity index (χ3n) is 4.70. The Balaban J connectivity index is 1.59. The lowest BCUT2D eigenvalue weighted by molar-refractivity contribution is 0.104. The molecule has 0 spiro atoms. The zero-order valence-corrected chi connectivity index (χ0v) is 15.7. The van der Waals surface area contributed by atoms with E-state index < -0.39 is 12.5 Å². The maximum Gasteiger partial charge on any atom is 0.281 e. The number of ether oxygens (including phenoxy) is 1. The van der Waals surface area contributed by atoms with E-state index in [1.54, 1.807) is 0 Å². The van der Waals surface area contributed by atoms with E-state index in [4.69, 9.17) is 10.00 Å². The molecule has 3 heterocycles. The average Bonchev–Trinajstić information content (AvgIpc) is 3.21. The van der Waals surface area contributed by atoms with Crippen LogP contribution in [0.15, 0.2) is 23.1 Å². The molecule has 3 rings (SSSR count). The molecule has 1 aliphatic heterocycles. The lowest BCUT2D eigenvalue weighted by Gasteiger charge is -2.36. The largest absolute Gasteiger partial charge is 0.475 e. The second-order valence-corrected chi connectivity index (χ2v) is 7.23. The molecule has 2 aromatic heterocycles. The molecule has 1 atom stereocenters. The first kappa shape index (κ1) is 20.2. The Morgan fingerprint density at radius 3 is 2.75 bits per heavy atom. The van der Waals surface area contributed by atoms with Crippen LogP contribution in [0, 0.1) is 22.2 Å². The van der Waals surface area contributed by atoms with Crippen molar-refractivity contribution >= 4 is 11.3 Å². The van der Waals surface area contributed by atoms with Gasteiger partial charge in [-0.3, -0.25) is 4.90 Å². The summed E-state index contributed by atoms with van der Waals surface area (Å²) in [7, 11) is 0. The zero-order chi connectivity index (χ0) is 19.9. The molecular formula is C17H18F2N6O2S. The van der Waals surface area contributed by atoms with Gasteiger partial charge in [-0.25, -0.2) is 23.7 Å². The molecule has 0 N–H and O–H groups in total. The summed E-state index contributed by atoms with van der Waals surface area (Å²) in [5.41, 5.74) is 1.25. The van der Waals surface area contributed by atoms with Crippen molar-refractivity contribution < 1.29 is 13.5 Å². The number of nitriles is 1. The Kier molecular flexibility index (Phi) is 6.89. The van der Waals surface area contributed by atoms with Crippen LogP contribution in [0.2, 0.25) is 0 Å². The number of rotatable bonds is 8. The van der Waals surface area contributed by atoms with Crippen molar-refractivity contribution in [3.63, 3.8) is 0 Å². The Bertz CT molecular complexity index is 835. The third-order valence-corrected chi connectivity index (χ3v) is 5.64. The minimum atomic E-state index is -2.68. The number of halogens is 2. The van der Waals surface area contributed by atoms with Gasteiger partial charge in [-0.15, -0.1) is 11.3 Å². The molecule has 0 radical (unpaired) electrons. The summed E-state index contributed by atoms with van der Waals surface area (Å²) < 4.78 is 32.0. The average molecular weight is 408 g/mol. The van der Waals surface area contributed by atoms with Crippen molar-refractivity contribution in [2.45, 2.75) is 25.3 Å². The number of nitrogens with zero attached hydrogens (tertiary/aromatic N) is 6. The van der Waals surface area contributed by atoms with Crippen LogP contribution in [-0.4, -0.2) is 46.1 Å². The van der Waals surface area contributed by atoms with Crippen molar-refractivity contribution in [2.24, 2.45) is 11.1 Å². The molecule has 1 aliphatic rings. The Morgan fingerprint density at radius 2 is 2.07 bits per heavy atom. The fourth-order valence-electron chi connectivity index (χ4n) is 3.25. The topological polar surface area (TPSA) is 104 Å². The predicted molar refractivity (Wildman–Crippen MR) is 97.0 cm³/mol. The molecule has 0 amide bonds. The minimum Gasteiger partial charge on any atom is -0.475 e. The molecule has 1 unspecified atom stereocenters. The lowest BCUT2D eigenvalue weighted by atomic mass is 9.96. The molecular weight excluding hydrogens is 390 g/mol. The molecule has 8 nitrogen and oxygen atoms in total. The van der Waals surface area contributed by atoms with Crippen molar-refractivity contribution in [1.82, 2.24) is 19.9 Å². The molecule has 0 bridgehead atoms. The third kappa shape index (κ3) is 4.63. The molecule has 148 valence electrons. The number of hydrogen-bond donors (Lipinski definition) is 0. The van der Waals surface area contributed by atoms with Gasteiger partial charge in [-0.1, -0.05) is 5.18 Å². The van der Waals surface area contributed by atoms with E-state index in [2.05, 4.69) is 20.1 Å². The Morgan fingerprint density at radius 1 is 1.32 bits per heavy atom. The van der Waals surface area contributed by atoms with Gasteiger partial charge in [0.1, 0.15) is 18.3 Å². The predicted octanol–water partition coefficient (Wildman–Crippen LogP) is 3.34. The maximum atomic E-state index is 13.2. The van der Waals surface area contributed by atoms with Crippen LogP contribution in [0.5, 0.6) is 5.88 Å². The zero-order valence-electron chi connectivity index (χ0n) is 14.9. The van der Waals surface area contributed by atoms with E-state index in [0.29, 0.717) is 24.6 Å². The number of piperidine rings is 1. The molecule has 1 saturated heterocycles. The SMILES string of the molecule is N#Cc1nccnc1OCC1CCN(C(CN=O)c2scnc2C(F)F)CC1. The lowest BCUT2D eigenvalue weighted by Crippen LogP contribution is -2.39. The van der Waals surface area contributed by atoms with Gasteiger partial charge in [0, 0.05) is 12.4 Å². The molecule has 11 heteroatoms. The number of thiazole rings is 1. The summed E-state index contributed by atoms with van der Waals surface area (Å²) in [5.74, 6) is 0.437. The van der Waals surface area contributed by atoms with Crippen LogP contribution in [0.1, 0.15) is 41.6 Å². The van der Waals surface area contributed by atoms with Crippen molar-refractivity contribution in [3.05, 3.63) is 39.1 Å². The quantitative estimate of drug-likeness (QED) is 0.617. The Hall–Kier alpha value is -2.58. The summed E-state index contributed by atoms with van der Waals surface area (Å²) in [4.78, 5) is 25.0. The first-order valence-corrected chi connectivity index (χ1v) is 9.60. The van der Waals surface area contributed by atoms with E-state index in [9.17, 15) is 13.7 Å². The maximum absolute atomic E-state index is 13.2. The van der Waals surface area contributed by atoms with Gasteiger partial charge in [-0.05, 0) is 31.8 Å². The number of alkyl halides is 2. The monoisotopic (exact) mass is 408 g/mol. The normalized spacial score (nSPS) is 16.6. The number of aromatic nitrogens is 3. The molecule has 28 heavy (non-hydrogen) atoms. The van der Waals surface area contributed by atoms with E-state index >= 15 is 0 Å². The molecule has 1 fully saturated rings. The van der Waals surface area contributed by atoms with Crippen LogP contribution in [0.3, 0.4) is 0 Å². The van der Waals surface area contributed by atoms with Gasteiger partial charge >= 0.3 is 0 Å². The summed E-state index contributed by atoms with van der Waals surface area (Å²) in [6.45, 7) is 1.55. The molecule has 0 aromatic carbocycles. The highest BCUT2D eigenvalue weighted by Crippen LogP contribution is 2.35. The van der Waals surface area contributed by atoms with Crippen LogP contribution in [0.4, 0.5) is 8.78 Å². The van der Waals surface area contributed by atoms with Crippen LogP contribution >= 0.6 is 11.3 Å².